The van der Waals surface area contributed by atoms with Crippen molar-refractivity contribution >= 4 is 18.2 Å². The summed E-state index contributed by atoms with van der Waals surface area (Å²) in [5.74, 6) is 0. The van der Waals surface area contributed by atoms with Crippen molar-refractivity contribution in [2.24, 2.45) is 0 Å². The SMILES string of the molecule is O=CN(Cl)CCc1ccccc1. The van der Waals surface area contributed by atoms with Gasteiger partial charge in [-0.3, -0.25) is 9.21 Å². The first kappa shape index (κ1) is 9.07. The molecule has 0 aliphatic carbocycles. The summed E-state index contributed by atoms with van der Waals surface area (Å²) in [4.78, 5) is 10.1. The lowest BCUT2D eigenvalue weighted by Crippen LogP contribution is -2.12. The summed E-state index contributed by atoms with van der Waals surface area (Å²) >= 11 is 5.48. The topological polar surface area (TPSA) is 20.3 Å². The molecule has 1 aromatic carbocycles. The monoisotopic (exact) mass is 183 g/mol. The summed E-state index contributed by atoms with van der Waals surface area (Å²) in [6.45, 7) is 0.551. The van der Waals surface area contributed by atoms with Crippen molar-refractivity contribution in [2.45, 2.75) is 6.42 Å². The standard InChI is InChI=1S/C9H10ClNO/c10-11(8-12)7-6-9-4-2-1-3-5-9/h1-5,8H,6-7H2. The number of halogens is 1. The number of amides is 1. The third-order valence-electron chi connectivity index (χ3n) is 1.57. The highest BCUT2D eigenvalue weighted by molar-refractivity contribution is 6.18. The van der Waals surface area contributed by atoms with Gasteiger partial charge in [0.2, 0.25) is 6.41 Å². The van der Waals surface area contributed by atoms with E-state index in [0.29, 0.717) is 13.0 Å². The molecule has 0 atom stereocenters. The van der Waals surface area contributed by atoms with E-state index in [9.17, 15) is 4.79 Å². The normalized spacial score (nSPS) is 9.42. The van der Waals surface area contributed by atoms with E-state index in [1.165, 1.54) is 5.56 Å². The summed E-state index contributed by atoms with van der Waals surface area (Å²) in [6, 6.07) is 9.91. The first-order chi connectivity index (χ1) is 5.83. The van der Waals surface area contributed by atoms with Gasteiger partial charge in [0.05, 0.1) is 0 Å². The minimum Gasteiger partial charge on any atom is -0.277 e. The molecular weight excluding hydrogens is 174 g/mol. The van der Waals surface area contributed by atoms with Crippen molar-refractivity contribution in [3.8, 4) is 0 Å². The molecule has 0 N–H and O–H groups in total. The minimum absolute atomic E-state index is 0.551. The molecule has 1 rings (SSSR count). The van der Waals surface area contributed by atoms with E-state index in [4.69, 9.17) is 11.8 Å². The molecule has 0 saturated carbocycles. The Morgan fingerprint density at radius 3 is 2.58 bits per heavy atom. The second-order valence-electron chi connectivity index (χ2n) is 2.46. The number of benzene rings is 1. The maximum atomic E-state index is 10.1. The summed E-state index contributed by atoms with van der Waals surface area (Å²) in [7, 11) is 0. The molecule has 1 aromatic rings. The van der Waals surface area contributed by atoms with Gasteiger partial charge in [-0.25, -0.2) is 0 Å². The van der Waals surface area contributed by atoms with Crippen LogP contribution in [0.2, 0.25) is 0 Å². The number of carbonyl (C=O) groups excluding carboxylic acids is 1. The zero-order chi connectivity index (χ0) is 8.81. The second kappa shape index (κ2) is 4.78. The summed E-state index contributed by atoms with van der Waals surface area (Å²) in [6.07, 6.45) is 1.41. The lowest BCUT2D eigenvalue weighted by Gasteiger charge is -2.05. The van der Waals surface area contributed by atoms with E-state index in [2.05, 4.69) is 0 Å². The molecule has 2 nitrogen and oxygen atoms in total. The van der Waals surface area contributed by atoms with Crippen LogP contribution in [-0.2, 0) is 11.2 Å². The molecule has 0 aromatic heterocycles. The Hall–Kier alpha value is -1.02. The average molecular weight is 184 g/mol. The predicted octanol–water partition coefficient (Wildman–Crippen LogP) is 1.84. The fraction of sp³-hybridized carbons (Fsp3) is 0.222. The van der Waals surface area contributed by atoms with Crippen molar-refractivity contribution in [3.05, 3.63) is 35.9 Å². The van der Waals surface area contributed by atoms with Gasteiger partial charge in [0.25, 0.3) is 0 Å². The van der Waals surface area contributed by atoms with E-state index in [-0.39, 0.29) is 0 Å². The molecule has 64 valence electrons. The first-order valence-electron chi connectivity index (χ1n) is 3.74. The molecule has 12 heavy (non-hydrogen) atoms. The number of hydrogen-bond acceptors (Lipinski definition) is 1. The zero-order valence-electron chi connectivity index (χ0n) is 6.61. The summed E-state index contributed by atoms with van der Waals surface area (Å²) < 4.78 is 1.12. The number of hydrogen-bond donors (Lipinski definition) is 0. The highest BCUT2D eigenvalue weighted by Crippen LogP contribution is 2.01. The van der Waals surface area contributed by atoms with Crippen LogP contribution in [-0.4, -0.2) is 17.4 Å². The second-order valence-corrected chi connectivity index (χ2v) is 2.90. The van der Waals surface area contributed by atoms with Crippen LogP contribution in [0.3, 0.4) is 0 Å². The molecule has 0 bridgehead atoms. The van der Waals surface area contributed by atoms with E-state index >= 15 is 0 Å². The van der Waals surface area contributed by atoms with Gasteiger partial charge in [-0.1, -0.05) is 30.3 Å². The molecule has 1 amide bonds. The van der Waals surface area contributed by atoms with Crippen LogP contribution in [0, 0.1) is 0 Å². The predicted molar refractivity (Wildman–Crippen MR) is 48.8 cm³/mol. The van der Waals surface area contributed by atoms with Gasteiger partial charge < -0.3 is 0 Å². The number of carbonyl (C=O) groups is 1. The van der Waals surface area contributed by atoms with Crippen LogP contribution in [0.25, 0.3) is 0 Å². The third-order valence-corrected chi connectivity index (χ3v) is 1.82. The molecule has 0 aliphatic rings. The fourth-order valence-corrected chi connectivity index (χ4v) is 1.02. The molecule has 0 fully saturated rings. The van der Waals surface area contributed by atoms with Gasteiger partial charge in [-0.2, -0.15) is 0 Å². The van der Waals surface area contributed by atoms with E-state index < -0.39 is 0 Å². The van der Waals surface area contributed by atoms with Gasteiger partial charge in [0.15, 0.2) is 0 Å². The van der Waals surface area contributed by atoms with Crippen molar-refractivity contribution in [1.29, 1.82) is 0 Å². The summed E-state index contributed by atoms with van der Waals surface area (Å²) in [5.41, 5.74) is 1.19. The maximum absolute atomic E-state index is 10.1. The molecule has 0 spiro atoms. The molecule has 0 unspecified atom stereocenters. The van der Waals surface area contributed by atoms with Crippen LogP contribution in [0.15, 0.2) is 30.3 Å². The Balaban J connectivity index is 2.38. The molecule has 0 heterocycles. The van der Waals surface area contributed by atoms with Crippen LogP contribution < -0.4 is 0 Å². The van der Waals surface area contributed by atoms with Crippen molar-refractivity contribution in [2.75, 3.05) is 6.54 Å². The average Bonchev–Trinajstić information content (AvgIpc) is 2.16. The quantitative estimate of drug-likeness (QED) is 0.515. The highest BCUT2D eigenvalue weighted by atomic mass is 35.5. The van der Waals surface area contributed by atoms with Gasteiger partial charge in [0, 0.05) is 18.3 Å². The molecule has 0 aliphatic heterocycles. The third kappa shape index (κ3) is 2.93. The number of rotatable bonds is 4. The molecule has 0 radical (unpaired) electrons. The van der Waals surface area contributed by atoms with Crippen molar-refractivity contribution in [1.82, 2.24) is 4.42 Å². The fourth-order valence-electron chi connectivity index (χ4n) is 0.933. The molecular formula is C9H10ClNO. The van der Waals surface area contributed by atoms with E-state index in [1.807, 2.05) is 30.3 Å². The van der Waals surface area contributed by atoms with Gasteiger partial charge in [-0.15, -0.1) is 0 Å². The van der Waals surface area contributed by atoms with Crippen LogP contribution in [0.1, 0.15) is 5.56 Å². The van der Waals surface area contributed by atoms with Crippen molar-refractivity contribution in [3.63, 3.8) is 0 Å². The van der Waals surface area contributed by atoms with Gasteiger partial charge in [-0.05, 0) is 12.0 Å². The van der Waals surface area contributed by atoms with Crippen molar-refractivity contribution < 1.29 is 4.79 Å². The Labute approximate surface area is 76.9 Å². The largest absolute Gasteiger partial charge is 0.277 e. The Kier molecular flexibility index (Phi) is 3.61. The lowest BCUT2D eigenvalue weighted by atomic mass is 10.2. The highest BCUT2D eigenvalue weighted by Gasteiger charge is 1.96. The molecule has 0 saturated heterocycles. The number of nitrogens with zero attached hydrogens (tertiary/aromatic N) is 1. The Bertz CT molecular complexity index is 238. The van der Waals surface area contributed by atoms with Crippen LogP contribution in [0.5, 0.6) is 0 Å². The van der Waals surface area contributed by atoms with Crippen LogP contribution in [0.4, 0.5) is 0 Å². The smallest absolute Gasteiger partial charge is 0.224 e. The maximum Gasteiger partial charge on any atom is 0.224 e. The first-order valence-corrected chi connectivity index (χ1v) is 4.08. The lowest BCUT2D eigenvalue weighted by molar-refractivity contribution is -0.114. The minimum atomic E-state index is 0.551. The molecule has 3 heteroatoms. The van der Waals surface area contributed by atoms with E-state index in [0.717, 1.165) is 10.8 Å². The Morgan fingerprint density at radius 2 is 2.00 bits per heavy atom. The van der Waals surface area contributed by atoms with E-state index in [1.54, 1.807) is 0 Å². The Morgan fingerprint density at radius 1 is 1.33 bits per heavy atom. The van der Waals surface area contributed by atoms with Gasteiger partial charge >= 0.3 is 0 Å². The van der Waals surface area contributed by atoms with Crippen LogP contribution >= 0.6 is 11.8 Å². The summed E-state index contributed by atoms with van der Waals surface area (Å²) in [5, 5.41) is 0. The zero-order valence-corrected chi connectivity index (χ0v) is 7.37. The van der Waals surface area contributed by atoms with Gasteiger partial charge in [0.1, 0.15) is 0 Å².